The summed E-state index contributed by atoms with van der Waals surface area (Å²) in [7, 11) is -4.05. The van der Waals surface area contributed by atoms with Crippen molar-refractivity contribution in [3.63, 3.8) is 0 Å². The summed E-state index contributed by atoms with van der Waals surface area (Å²) in [5, 5.41) is 0. The molecule has 1 rings (SSSR count). The Bertz CT molecular complexity index is 378. The van der Waals surface area contributed by atoms with E-state index in [4.69, 9.17) is 4.55 Å². The molecule has 3 nitrogen and oxygen atoms in total. The van der Waals surface area contributed by atoms with Crippen molar-refractivity contribution in [1.82, 2.24) is 0 Å². The summed E-state index contributed by atoms with van der Waals surface area (Å²) in [6.07, 6.45) is 0. The van der Waals surface area contributed by atoms with Crippen LogP contribution in [0.2, 0.25) is 0 Å². The third kappa shape index (κ3) is 3.79. The molecule has 0 aliphatic rings. The molecule has 0 heterocycles. The molecule has 0 radical (unpaired) electrons. The van der Waals surface area contributed by atoms with E-state index in [0.29, 0.717) is 0 Å². The molecule has 1 aromatic carbocycles. The molecular formula is C8H11NaO3S. The minimum atomic E-state index is -4.05. The second-order valence-corrected chi connectivity index (χ2v) is 4.22. The first-order valence-electron chi connectivity index (χ1n) is 3.45. The van der Waals surface area contributed by atoms with Crippen LogP contribution in [0.3, 0.4) is 0 Å². The first kappa shape index (κ1) is 13.1. The van der Waals surface area contributed by atoms with Gasteiger partial charge in [0.2, 0.25) is 0 Å². The van der Waals surface area contributed by atoms with Crippen molar-refractivity contribution in [3.8, 4) is 0 Å². The second kappa shape index (κ2) is 4.57. The molecule has 0 saturated heterocycles. The van der Waals surface area contributed by atoms with Crippen LogP contribution in [0.1, 0.15) is 11.1 Å². The standard InChI is InChI=1S/C8H10O3S.Na.H/c1-6-3-7(2)5-8(4-6)12(9,10)11;;/h3-5H,1-2H3,(H,9,10,11);;. The zero-order valence-corrected chi connectivity index (χ0v) is 7.72. The van der Waals surface area contributed by atoms with Gasteiger partial charge in [-0.1, -0.05) is 6.07 Å². The van der Waals surface area contributed by atoms with Gasteiger partial charge >= 0.3 is 29.6 Å². The zero-order valence-electron chi connectivity index (χ0n) is 6.90. The van der Waals surface area contributed by atoms with E-state index in [0.717, 1.165) is 11.1 Å². The molecule has 13 heavy (non-hydrogen) atoms. The average molecular weight is 210 g/mol. The topological polar surface area (TPSA) is 54.4 Å². The van der Waals surface area contributed by atoms with E-state index in [9.17, 15) is 8.42 Å². The van der Waals surface area contributed by atoms with Gasteiger partial charge in [0.25, 0.3) is 10.1 Å². The van der Waals surface area contributed by atoms with Crippen LogP contribution >= 0.6 is 0 Å². The fourth-order valence-corrected chi connectivity index (χ4v) is 1.75. The average Bonchev–Trinajstić information content (AvgIpc) is 1.82. The van der Waals surface area contributed by atoms with Crippen LogP contribution in [0, 0.1) is 13.8 Å². The molecule has 0 aromatic heterocycles. The second-order valence-electron chi connectivity index (χ2n) is 2.80. The molecule has 0 spiro atoms. The first-order chi connectivity index (χ1) is 5.39. The van der Waals surface area contributed by atoms with Gasteiger partial charge in [0.1, 0.15) is 0 Å². The molecule has 0 unspecified atom stereocenters. The van der Waals surface area contributed by atoms with Crippen molar-refractivity contribution in [2.75, 3.05) is 0 Å². The Morgan fingerprint density at radius 1 is 1.08 bits per heavy atom. The number of aryl methyl sites for hydroxylation is 2. The molecular weight excluding hydrogens is 199 g/mol. The maximum absolute atomic E-state index is 10.7. The summed E-state index contributed by atoms with van der Waals surface area (Å²) in [5.41, 5.74) is 1.64. The zero-order chi connectivity index (χ0) is 9.35. The van der Waals surface area contributed by atoms with Crippen molar-refractivity contribution >= 4 is 39.7 Å². The minimum absolute atomic E-state index is 0. The number of benzene rings is 1. The van der Waals surface area contributed by atoms with E-state index in [1.54, 1.807) is 13.8 Å². The third-order valence-electron chi connectivity index (χ3n) is 1.49. The molecule has 5 heteroatoms. The maximum atomic E-state index is 10.7. The summed E-state index contributed by atoms with van der Waals surface area (Å²) in [4.78, 5) is -0.0417. The van der Waals surface area contributed by atoms with Gasteiger partial charge in [0.15, 0.2) is 0 Å². The van der Waals surface area contributed by atoms with Crippen LogP contribution in [-0.4, -0.2) is 42.5 Å². The number of hydrogen-bond acceptors (Lipinski definition) is 2. The van der Waals surface area contributed by atoms with Crippen LogP contribution in [0.4, 0.5) is 0 Å². The molecule has 0 fully saturated rings. The third-order valence-corrected chi connectivity index (χ3v) is 2.32. The summed E-state index contributed by atoms with van der Waals surface area (Å²) >= 11 is 0. The predicted molar refractivity (Wildman–Crippen MR) is 52.9 cm³/mol. The van der Waals surface area contributed by atoms with E-state index in [1.807, 2.05) is 6.07 Å². The van der Waals surface area contributed by atoms with Gasteiger partial charge in [0, 0.05) is 0 Å². The van der Waals surface area contributed by atoms with Gasteiger partial charge in [-0.25, -0.2) is 0 Å². The van der Waals surface area contributed by atoms with E-state index in [-0.39, 0.29) is 34.5 Å². The summed E-state index contributed by atoms with van der Waals surface area (Å²) < 4.78 is 30.1. The summed E-state index contributed by atoms with van der Waals surface area (Å²) in [6, 6.07) is 4.71. The van der Waals surface area contributed by atoms with Crippen molar-refractivity contribution in [2.24, 2.45) is 0 Å². The molecule has 1 N–H and O–H groups in total. The Morgan fingerprint density at radius 2 is 1.46 bits per heavy atom. The SMILES string of the molecule is Cc1cc(C)cc(S(=O)(=O)O)c1.[NaH]. The Hall–Kier alpha value is 0.130. The number of rotatable bonds is 1. The van der Waals surface area contributed by atoms with Crippen molar-refractivity contribution in [3.05, 3.63) is 29.3 Å². The fourth-order valence-electron chi connectivity index (χ4n) is 1.08. The van der Waals surface area contributed by atoms with Gasteiger partial charge < -0.3 is 0 Å². The van der Waals surface area contributed by atoms with E-state index in [1.165, 1.54) is 12.1 Å². The molecule has 0 atom stereocenters. The summed E-state index contributed by atoms with van der Waals surface area (Å²) in [5.74, 6) is 0. The molecule has 0 bridgehead atoms. The molecule has 68 valence electrons. The fraction of sp³-hybridized carbons (Fsp3) is 0.250. The molecule has 0 saturated carbocycles. The number of hydrogen-bond donors (Lipinski definition) is 1. The van der Waals surface area contributed by atoms with Gasteiger partial charge in [-0.3, -0.25) is 4.55 Å². The molecule has 0 amide bonds. The quantitative estimate of drug-likeness (QED) is 0.553. The van der Waals surface area contributed by atoms with Crippen LogP contribution in [0.15, 0.2) is 23.1 Å². The van der Waals surface area contributed by atoms with Crippen molar-refractivity contribution in [1.29, 1.82) is 0 Å². The van der Waals surface area contributed by atoms with Crippen molar-refractivity contribution < 1.29 is 13.0 Å². The van der Waals surface area contributed by atoms with Gasteiger partial charge in [-0.05, 0) is 37.1 Å². The Morgan fingerprint density at radius 3 is 1.77 bits per heavy atom. The Kier molecular flexibility index (Phi) is 4.62. The monoisotopic (exact) mass is 210 g/mol. The molecule has 0 aliphatic heterocycles. The van der Waals surface area contributed by atoms with Crippen LogP contribution in [-0.2, 0) is 10.1 Å². The molecule has 0 aliphatic carbocycles. The van der Waals surface area contributed by atoms with Crippen LogP contribution < -0.4 is 0 Å². The van der Waals surface area contributed by atoms with Gasteiger partial charge in [-0.2, -0.15) is 8.42 Å². The van der Waals surface area contributed by atoms with Gasteiger partial charge in [0.05, 0.1) is 4.90 Å². The van der Waals surface area contributed by atoms with E-state index < -0.39 is 10.1 Å². The summed E-state index contributed by atoms with van der Waals surface area (Å²) in [6.45, 7) is 3.56. The first-order valence-corrected chi connectivity index (χ1v) is 4.89. The molecule has 1 aromatic rings. The van der Waals surface area contributed by atoms with Gasteiger partial charge in [-0.15, -0.1) is 0 Å². The van der Waals surface area contributed by atoms with Crippen LogP contribution in [0.5, 0.6) is 0 Å². The van der Waals surface area contributed by atoms with E-state index in [2.05, 4.69) is 0 Å². The normalized spacial score (nSPS) is 10.7. The van der Waals surface area contributed by atoms with Crippen molar-refractivity contribution in [2.45, 2.75) is 18.7 Å². The Balaban J connectivity index is 0.00000144. The Labute approximate surface area is 100 Å². The predicted octanol–water partition coefficient (Wildman–Crippen LogP) is 0.902. The van der Waals surface area contributed by atoms with E-state index >= 15 is 0 Å². The van der Waals surface area contributed by atoms with Crippen LogP contribution in [0.25, 0.3) is 0 Å².